The minimum absolute atomic E-state index is 0.0854. The summed E-state index contributed by atoms with van der Waals surface area (Å²) in [5.41, 5.74) is 0. The molecule has 5 atom stereocenters. The first kappa shape index (κ1) is 90.5. The average Bonchev–Trinajstić information content (AvgIpc) is 2.15. The SMILES string of the molecule is CC/C=C\C/C=C\C/C=C\C/C=C\CCCCCCC(=O)OCC(COP(=O)(O)OCC(O)COP(=O)(O)OCC(COC(=O)CCCCCCC/C=C\CCCCCC)OC(=O)CCCCCCC/C=C\CCCC)OC(=O)CCCCCCCCCCCCCCC. The monoisotopic (exact) mass is 1370 g/mol. The van der Waals surface area contributed by atoms with Gasteiger partial charge in [-0.3, -0.25) is 37.3 Å². The Balaban J connectivity index is 5.32. The Hall–Kier alpha value is -3.50. The molecule has 0 spiro atoms. The molecule has 546 valence electrons. The molecule has 94 heavy (non-hydrogen) atoms. The number of carbonyl (C=O) groups is 4. The van der Waals surface area contributed by atoms with Gasteiger partial charge in [-0.05, 0) is 109 Å². The van der Waals surface area contributed by atoms with Crippen LogP contribution in [-0.4, -0.2) is 96.7 Å². The molecule has 0 saturated heterocycles. The number of hydrogen-bond donors (Lipinski definition) is 3. The van der Waals surface area contributed by atoms with E-state index in [4.69, 9.17) is 37.0 Å². The van der Waals surface area contributed by atoms with Crippen LogP contribution in [-0.2, 0) is 65.4 Å². The minimum atomic E-state index is -4.97. The number of ether oxygens (including phenoxy) is 4. The van der Waals surface area contributed by atoms with Crippen LogP contribution in [0.25, 0.3) is 0 Å². The van der Waals surface area contributed by atoms with Crippen molar-refractivity contribution in [3.05, 3.63) is 72.9 Å². The summed E-state index contributed by atoms with van der Waals surface area (Å²) in [4.78, 5) is 72.7. The molecule has 19 heteroatoms. The number of carbonyl (C=O) groups excluding carboxylic acids is 4. The number of allylic oxidation sites excluding steroid dienone is 12. The number of unbranched alkanes of at least 4 members (excludes halogenated alkanes) is 32. The predicted molar refractivity (Wildman–Crippen MR) is 381 cm³/mol. The van der Waals surface area contributed by atoms with Crippen LogP contribution in [0.4, 0.5) is 0 Å². The van der Waals surface area contributed by atoms with Crippen molar-refractivity contribution in [1.82, 2.24) is 0 Å². The van der Waals surface area contributed by atoms with Gasteiger partial charge >= 0.3 is 39.5 Å². The van der Waals surface area contributed by atoms with E-state index in [0.717, 1.165) is 154 Å². The number of esters is 4. The van der Waals surface area contributed by atoms with Gasteiger partial charge in [0.1, 0.15) is 19.3 Å². The first-order valence-corrected chi connectivity index (χ1v) is 40.2. The fourth-order valence-electron chi connectivity index (χ4n) is 9.95. The van der Waals surface area contributed by atoms with Gasteiger partial charge in [-0.15, -0.1) is 0 Å². The summed E-state index contributed by atoms with van der Waals surface area (Å²) in [6.07, 6.45) is 66.2. The molecule has 0 aliphatic rings. The highest BCUT2D eigenvalue weighted by molar-refractivity contribution is 7.47. The van der Waals surface area contributed by atoms with Crippen molar-refractivity contribution in [3.8, 4) is 0 Å². The highest BCUT2D eigenvalue weighted by atomic mass is 31.2. The molecule has 0 aromatic rings. The lowest BCUT2D eigenvalue weighted by atomic mass is 10.0. The summed E-state index contributed by atoms with van der Waals surface area (Å²) < 4.78 is 68.3. The molecular formula is C75H134O17P2. The first-order chi connectivity index (χ1) is 45.7. The maximum atomic E-state index is 13.0. The predicted octanol–water partition coefficient (Wildman–Crippen LogP) is 20.9. The van der Waals surface area contributed by atoms with E-state index in [2.05, 4.69) is 101 Å². The van der Waals surface area contributed by atoms with E-state index in [9.17, 15) is 43.2 Å². The minimum Gasteiger partial charge on any atom is -0.462 e. The van der Waals surface area contributed by atoms with Gasteiger partial charge in [0.15, 0.2) is 12.2 Å². The molecule has 5 unspecified atom stereocenters. The van der Waals surface area contributed by atoms with Gasteiger partial charge in [0.05, 0.1) is 26.4 Å². The molecule has 0 aromatic heterocycles. The van der Waals surface area contributed by atoms with Crippen LogP contribution in [0, 0.1) is 0 Å². The van der Waals surface area contributed by atoms with Crippen LogP contribution in [0.2, 0.25) is 0 Å². The van der Waals surface area contributed by atoms with Gasteiger partial charge < -0.3 is 33.8 Å². The van der Waals surface area contributed by atoms with E-state index >= 15 is 0 Å². The highest BCUT2D eigenvalue weighted by Crippen LogP contribution is 2.45. The lowest BCUT2D eigenvalue weighted by Crippen LogP contribution is -2.30. The number of aliphatic hydroxyl groups excluding tert-OH is 1. The normalized spacial score (nSPS) is 14.4. The molecule has 3 N–H and O–H groups in total. The number of phosphoric ester groups is 2. The van der Waals surface area contributed by atoms with Gasteiger partial charge in [0, 0.05) is 25.7 Å². The second kappa shape index (κ2) is 68.0. The molecule has 0 amide bonds. The van der Waals surface area contributed by atoms with Gasteiger partial charge in [-0.2, -0.15) is 0 Å². The van der Waals surface area contributed by atoms with E-state index in [0.29, 0.717) is 25.7 Å². The Morgan fingerprint density at radius 1 is 0.309 bits per heavy atom. The van der Waals surface area contributed by atoms with Crippen molar-refractivity contribution in [2.24, 2.45) is 0 Å². The summed E-state index contributed by atoms with van der Waals surface area (Å²) in [6.45, 7) is 4.68. The Bertz CT molecular complexity index is 2070. The van der Waals surface area contributed by atoms with Crippen LogP contribution < -0.4 is 0 Å². The molecule has 0 aromatic carbocycles. The zero-order valence-corrected chi connectivity index (χ0v) is 61.2. The number of aliphatic hydroxyl groups is 1. The number of hydrogen-bond acceptors (Lipinski definition) is 15. The zero-order valence-electron chi connectivity index (χ0n) is 59.4. The average molecular weight is 1370 g/mol. The van der Waals surface area contributed by atoms with E-state index in [1.165, 1.54) is 89.9 Å². The third-order valence-corrected chi connectivity index (χ3v) is 17.6. The van der Waals surface area contributed by atoms with E-state index in [1.807, 2.05) is 0 Å². The van der Waals surface area contributed by atoms with Gasteiger partial charge in [-0.25, -0.2) is 9.13 Å². The zero-order chi connectivity index (χ0) is 69.0. The first-order valence-electron chi connectivity index (χ1n) is 37.2. The Kier molecular flexibility index (Phi) is 65.5. The van der Waals surface area contributed by atoms with E-state index in [1.54, 1.807) is 0 Å². The number of phosphoric acid groups is 2. The lowest BCUT2D eigenvalue weighted by molar-refractivity contribution is -0.161. The van der Waals surface area contributed by atoms with Crippen molar-refractivity contribution >= 4 is 39.5 Å². The molecule has 0 aliphatic carbocycles. The number of rotatable bonds is 70. The van der Waals surface area contributed by atoms with Crippen LogP contribution in [0.1, 0.15) is 323 Å². The second-order valence-electron chi connectivity index (χ2n) is 24.9. The van der Waals surface area contributed by atoms with Crippen molar-refractivity contribution in [1.29, 1.82) is 0 Å². The van der Waals surface area contributed by atoms with Crippen molar-refractivity contribution in [2.45, 2.75) is 341 Å². The van der Waals surface area contributed by atoms with Gasteiger partial charge in [-0.1, -0.05) is 261 Å². The Morgan fingerprint density at radius 3 is 0.904 bits per heavy atom. The van der Waals surface area contributed by atoms with Crippen molar-refractivity contribution in [3.63, 3.8) is 0 Å². The highest BCUT2D eigenvalue weighted by Gasteiger charge is 2.30. The molecule has 0 saturated carbocycles. The summed E-state index contributed by atoms with van der Waals surface area (Å²) >= 11 is 0. The van der Waals surface area contributed by atoms with E-state index < -0.39 is 97.5 Å². The largest absolute Gasteiger partial charge is 0.472 e. The second-order valence-corrected chi connectivity index (χ2v) is 27.8. The smallest absolute Gasteiger partial charge is 0.462 e. The van der Waals surface area contributed by atoms with Crippen LogP contribution >= 0.6 is 15.6 Å². The van der Waals surface area contributed by atoms with E-state index in [-0.39, 0.29) is 25.7 Å². The maximum Gasteiger partial charge on any atom is 0.472 e. The quantitative estimate of drug-likeness (QED) is 0.0169. The topological polar surface area (TPSA) is 237 Å². The molecule has 0 rings (SSSR count). The van der Waals surface area contributed by atoms with Crippen LogP contribution in [0.15, 0.2) is 72.9 Å². The summed E-state index contributed by atoms with van der Waals surface area (Å²) in [7, 11) is -9.94. The third-order valence-electron chi connectivity index (χ3n) is 15.7. The van der Waals surface area contributed by atoms with Gasteiger partial charge in [0.25, 0.3) is 0 Å². The Labute approximate surface area is 571 Å². The lowest BCUT2D eigenvalue weighted by Gasteiger charge is -2.21. The van der Waals surface area contributed by atoms with Crippen LogP contribution in [0.3, 0.4) is 0 Å². The maximum absolute atomic E-state index is 13.0. The molecule has 0 aliphatic heterocycles. The molecule has 0 bridgehead atoms. The summed E-state index contributed by atoms with van der Waals surface area (Å²) in [5.74, 6) is -2.20. The molecule has 0 fully saturated rings. The van der Waals surface area contributed by atoms with Crippen molar-refractivity contribution in [2.75, 3.05) is 39.6 Å². The molecule has 0 radical (unpaired) electrons. The molecule has 0 heterocycles. The Morgan fingerprint density at radius 2 is 0.564 bits per heavy atom. The third kappa shape index (κ3) is 67.1. The summed E-state index contributed by atoms with van der Waals surface area (Å²) in [6, 6.07) is 0. The van der Waals surface area contributed by atoms with Crippen LogP contribution in [0.5, 0.6) is 0 Å². The van der Waals surface area contributed by atoms with Gasteiger partial charge in [0.2, 0.25) is 0 Å². The summed E-state index contributed by atoms with van der Waals surface area (Å²) in [5, 5.41) is 10.6. The molecular weight excluding hydrogens is 1230 g/mol. The van der Waals surface area contributed by atoms with Crippen molar-refractivity contribution < 1.29 is 80.2 Å². The molecule has 17 nitrogen and oxygen atoms in total. The standard InChI is InChI=1S/C75H134O17P2/c1-5-9-13-17-21-25-29-32-33-34-35-38-41-44-48-52-56-60-73(78)86-66-71(92-75(80)62-58-54-50-46-42-37-31-27-23-19-15-11-7-3)68-90-94(83,84)88-64-69(76)63-87-93(81,82)89-67-70(91-74(79)61-57-53-49-45-39-28-24-20-16-12-8-4)65-85-72(77)59-55-51-47-43-40-36-30-26-22-18-14-10-6-2/h9,13,20-21,24-26,30,32-33,35,38,69-71,76H,5-8,10-12,14-19,22-23,27-29,31,34,36-37,39-68H2,1-4H3,(H,81,82)(H,83,84)/b13-9-,24-20-,25-21-,30-26-,33-32-,38-35-. The fraction of sp³-hybridized carbons (Fsp3) is 0.787. The fourth-order valence-corrected chi connectivity index (χ4v) is 11.5.